The molecule has 0 atom stereocenters. The molecule has 0 radical (unpaired) electrons. The minimum Gasteiger partial charge on any atom is -0.495 e. The number of methoxy groups -OCH3 is 1. The van der Waals surface area contributed by atoms with E-state index in [9.17, 15) is 21.6 Å². The van der Waals surface area contributed by atoms with Crippen LogP contribution in [0, 0.1) is 0 Å². The number of carbonyl (C=O) groups is 1. The fourth-order valence-electron chi connectivity index (χ4n) is 2.92. The van der Waals surface area contributed by atoms with E-state index in [1.165, 1.54) is 19.2 Å². The summed E-state index contributed by atoms with van der Waals surface area (Å²) in [5, 5.41) is 0. The maximum atomic E-state index is 12.8. The first kappa shape index (κ1) is 16.8. The van der Waals surface area contributed by atoms with Gasteiger partial charge in [-0.2, -0.15) is 0 Å². The zero-order chi connectivity index (χ0) is 16.9. The highest BCUT2D eigenvalue weighted by Gasteiger charge is 2.65. The lowest BCUT2D eigenvalue weighted by atomic mass is 10.1. The number of carbonyl (C=O) groups excluding carboxylic acids is 1. The molecule has 1 aliphatic rings. The van der Waals surface area contributed by atoms with Crippen LogP contribution in [0.4, 0.5) is 5.69 Å². The van der Waals surface area contributed by atoms with Crippen molar-refractivity contribution in [2.45, 2.75) is 11.0 Å². The molecule has 0 spiro atoms. The molecular formula is C13H17NO6S2. The van der Waals surface area contributed by atoms with Gasteiger partial charge in [0.2, 0.25) is 0 Å². The molecule has 7 nitrogen and oxygen atoms in total. The number of rotatable bonds is 4. The number of hydrogen-bond donors (Lipinski definition) is 0. The van der Waals surface area contributed by atoms with Crippen LogP contribution in [0.15, 0.2) is 18.2 Å². The Kier molecular flexibility index (Phi) is 3.77. The molecule has 0 aliphatic carbocycles. The summed E-state index contributed by atoms with van der Waals surface area (Å²) in [4.78, 5) is 13.9. The van der Waals surface area contributed by atoms with E-state index in [0.29, 0.717) is 0 Å². The van der Waals surface area contributed by atoms with Gasteiger partial charge in [-0.15, -0.1) is 0 Å². The fourth-order valence-corrected chi connectivity index (χ4v) is 7.10. The molecule has 9 heteroatoms. The Morgan fingerprint density at radius 2 is 1.68 bits per heavy atom. The molecule has 0 aromatic heterocycles. The highest BCUT2D eigenvalue weighted by Crippen LogP contribution is 2.51. The molecule has 0 fully saturated rings. The normalized spacial score (nSPS) is 17.5. The number of amides is 1. The Morgan fingerprint density at radius 1 is 1.14 bits per heavy atom. The third kappa shape index (κ3) is 1.88. The zero-order valence-electron chi connectivity index (χ0n) is 12.7. The first-order valence-electron chi connectivity index (χ1n) is 6.42. The molecule has 0 bridgehead atoms. The van der Waals surface area contributed by atoms with Crippen LogP contribution in [0.5, 0.6) is 5.75 Å². The Bertz CT molecular complexity index is 809. The van der Waals surface area contributed by atoms with Crippen molar-refractivity contribution in [2.24, 2.45) is 0 Å². The van der Waals surface area contributed by atoms with Crippen molar-refractivity contribution < 1.29 is 26.4 Å². The summed E-state index contributed by atoms with van der Waals surface area (Å²) in [5.41, 5.74) is 0.108. The van der Waals surface area contributed by atoms with Crippen molar-refractivity contribution in [3.05, 3.63) is 23.8 Å². The van der Waals surface area contributed by atoms with Crippen molar-refractivity contribution in [3.63, 3.8) is 0 Å². The van der Waals surface area contributed by atoms with Crippen molar-refractivity contribution in [1.82, 2.24) is 0 Å². The summed E-state index contributed by atoms with van der Waals surface area (Å²) >= 11 is 0. The van der Waals surface area contributed by atoms with Crippen LogP contribution in [-0.4, -0.2) is 48.9 Å². The fraction of sp³-hybridized carbons (Fsp3) is 0.462. The molecule has 22 heavy (non-hydrogen) atoms. The van der Waals surface area contributed by atoms with Gasteiger partial charge in [-0.25, -0.2) is 16.8 Å². The standard InChI is InChI=1S/C13H17NO6S2/c1-5-14-11-9(7-6-8-10(11)20-2)13(12(14)15,21(3,16)17)22(4,18)19/h6-8H,5H2,1-4H3. The average molecular weight is 347 g/mol. The number of fused-ring (bicyclic) bond motifs is 1. The maximum absolute atomic E-state index is 12.8. The first-order chi connectivity index (χ1) is 10.0. The van der Waals surface area contributed by atoms with Crippen LogP contribution in [0.3, 0.4) is 0 Å². The summed E-state index contributed by atoms with van der Waals surface area (Å²) in [7, 11) is -7.20. The molecule has 122 valence electrons. The topological polar surface area (TPSA) is 97.8 Å². The van der Waals surface area contributed by atoms with Gasteiger partial charge in [-0.05, 0) is 13.0 Å². The number of para-hydroxylation sites is 1. The second kappa shape index (κ2) is 4.95. The smallest absolute Gasteiger partial charge is 0.277 e. The van der Waals surface area contributed by atoms with Crippen LogP contribution >= 0.6 is 0 Å². The molecule has 1 heterocycles. The summed E-state index contributed by atoms with van der Waals surface area (Å²) in [6.45, 7) is 1.76. The molecule has 1 aromatic carbocycles. The lowest BCUT2D eigenvalue weighted by molar-refractivity contribution is -0.118. The molecule has 1 aliphatic heterocycles. The van der Waals surface area contributed by atoms with Gasteiger partial charge in [-0.1, -0.05) is 12.1 Å². The van der Waals surface area contributed by atoms with Crippen molar-refractivity contribution in [2.75, 3.05) is 31.1 Å². The van der Waals surface area contributed by atoms with Gasteiger partial charge in [0.25, 0.3) is 9.99 Å². The highest BCUT2D eigenvalue weighted by atomic mass is 32.3. The molecule has 0 unspecified atom stereocenters. The summed E-state index contributed by atoms with van der Waals surface area (Å²) < 4.78 is 52.0. The number of ether oxygens (including phenoxy) is 1. The van der Waals surface area contributed by atoms with Crippen LogP contribution in [0.25, 0.3) is 0 Å². The second-order valence-corrected chi connectivity index (χ2v) is 9.64. The van der Waals surface area contributed by atoms with E-state index >= 15 is 0 Å². The van der Waals surface area contributed by atoms with E-state index in [4.69, 9.17) is 4.74 Å². The Labute approximate surface area is 129 Å². The molecular weight excluding hydrogens is 330 g/mol. The van der Waals surface area contributed by atoms with Gasteiger partial charge in [-0.3, -0.25) is 4.79 Å². The third-order valence-corrected chi connectivity index (χ3v) is 8.42. The molecule has 1 amide bonds. The molecule has 0 N–H and O–H groups in total. The number of likely N-dealkylation sites (N-methyl/N-ethyl adjacent to an activating group) is 1. The van der Waals surface area contributed by atoms with Gasteiger partial charge in [0.1, 0.15) is 5.75 Å². The Hall–Kier alpha value is -1.61. The van der Waals surface area contributed by atoms with E-state index in [1.807, 2.05) is 0 Å². The largest absolute Gasteiger partial charge is 0.495 e. The van der Waals surface area contributed by atoms with Crippen molar-refractivity contribution >= 4 is 31.3 Å². The van der Waals surface area contributed by atoms with E-state index in [2.05, 4.69) is 0 Å². The monoisotopic (exact) mass is 347 g/mol. The first-order valence-corrected chi connectivity index (χ1v) is 10.2. The number of nitrogens with zero attached hydrogens (tertiary/aromatic N) is 1. The van der Waals surface area contributed by atoms with Gasteiger partial charge in [0.15, 0.2) is 19.7 Å². The van der Waals surface area contributed by atoms with Crippen LogP contribution < -0.4 is 9.64 Å². The molecule has 0 saturated carbocycles. The van der Waals surface area contributed by atoms with Gasteiger partial charge in [0, 0.05) is 24.6 Å². The molecule has 2 rings (SSSR count). The van der Waals surface area contributed by atoms with Crippen molar-refractivity contribution in [3.8, 4) is 5.75 Å². The summed E-state index contributed by atoms with van der Waals surface area (Å²) in [6.07, 6.45) is 1.52. The van der Waals surface area contributed by atoms with Crippen LogP contribution in [0.1, 0.15) is 12.5 Å². The van der Waals surface area contributed by atoms with E-state index in [1.54, 1.807) is 13.0 Å². The lowest BCUT2D eigenvalue weighted by Gasteiger charge is -2.24. The minimum atomic E-state index is -4.29. The summed E-state index contributed by atoms with van der Waals surface area (Å²) in [5.74, 6) is -0.735. The maximum Gasteiger partial charge on any atom is 0.277 e. The van der Waals surface area contributed by atoms with Crippen molar-refractivity contribution in [1.29, 1.82) is 0 Å². The minimum absolute atomic E-state index is 0.0799. The predicted molar refractivity (Wildman–Crippen MR) is 82.4 cm³/mol. The number of sulfone groups is 2. The molecule has 1 aromatic rings. The predicted octanol–water partition coefficient (Wildman–Crippen LogP) is 0.304. The second-order valence-electron chi connectivity index (χ2n) is 5.07. The molecule has 0 saturated heterocycles. The van der Waals surface area contributed by atoms with E-state index < -0.39 is 29.7 Å². The number of anilines is 1. The van der Waals surface area contributed by atoms with E-state index in [-0.39, 0.29) is 23.5 Å². The SMILES string of the molecule is CCN1C(=O)C(S(C)(=O)=O)(S(C)(=O)=O)c2cccc(OC)c21. The number of hydrogen-bond acceptors (Lipinski definition) is 6. The van der Waals surface area contributed by atoms with Gasteiger partial charge in [0.05, 0.1) is 12.8 Å². The van der Waals surface area contributed by atoms with Crippen LogP contribution in [0.2, 0.25) is 0 Å². The number of benzene rings is 1. The average Bonchev–Trinajstić information content (AvgIpc) is 2.65. The van der Waals surface area contributed by atoms with Gasteiger partial charge >= 0.3 is 0 Å². The third-order valence-electron chi connectivity index (χ3n) is 3.73. The lowest BCUT2D eigenvalue weighted by Crippen LogP contribution is -2.50. The zero-order valence-corrected chi connectivity index (χ0v) is 14.3. The quantitative estimate of drug-likeness (QED) is 0.777. The van der Waals surface area contributed by atoms with Gasteiger partial charge < -0.3 is 9.64 Å². The summed E-state index contributed by atoms with van der Waals surface area (Å²) in [6, 6.07) is 4.36. The highest BCUT2D eigenvalue weighted by molar-refractivity contribution is 8.10. The van der Waals surface area contributed by atoms with Crippen LogP contribution in [-0.2, 0) is 28.5 Å². The van der Waals surface area contributed by atoms with E-state index in [0.717, 1.165) is 17.4 Å². The Balaban J connectivity index is 3.07. The Morgan fingerprint density at radius 3 is 2.09 bits per heavy atom.